The van der Waals surface area contributed by atoms with Gasteiger partial charge in [-0.15, -0.1) is 0 Å². The first-order valence-electron chi connectivity index (χ1n) is 5.29. The topological polar surface area (TPSA) is 11.3 Å². The minimum atomic E-state index is 0.902. The molecule has 0 aliphatic heterocycles. The lowest BCUT2D eigenvalue weighted by atomic mass is 10.1. The van der Waals surface area contributed by atoms with Crippen LogP contribution in [0.1, 0.15) is 0 Å². The summed E-state index contributed by atoms with van der Waals surface area (Å²) in [5.74, 6) is 0.902. The highest BCUT2D eigenvalue weighted by Crippen LogP contribution is 2.23. The first-order chi connectivity index (χ1) is 7.93. The Bertz CT molecular complexity index is 614. The molecule has 0 N–H and O–H groups in total. The fraction of sp³-hybridized carbons (Fsp3) is 0. The zero-order chi connectivity index (χ0) is 10.8. The van der Waals surface area contributed by atoms with Crippen LogP contribution in [0.3, 0.4) is 0 Å². The molecule has 2 aromatic carbocycles. The summed E-state index contributed by atoms with van der Waals surface area (Å²) in [6.45, 7) is 0. The number of hydrogen-bond acceptors (Lipinski definition) is 0. The molecule has 1 nitrogen and oxygen atoms in total. The van der Waals surface area contributed by atoms with Crippen LogP contribution in [0, 0.1) is 0 Å². The minimum absolute atomic E-state index is 0.902. The zero-order valence-electron chi connectivity index (χ0n) is 8.76. The van der Waals surface area contributed by atoms with Crippen LogP contribution in [0.2, 0.25) is 0 Å². The molecule has 3 rings (SSSR count). The molecule has 0 amide bonds. The molecule has 0 saturated carbocycles. The molecule has 0 atom stereocenters. The fourth-order valence-electron chi connectivity index (χ4n) is 1.81. The van der Waals surface area contributed by atoms with Crippen LogP contribution in [0.4, 0.5) is 0 Å². The van der Waals surface area contributed by atoms with Gasteiger partial charge in [0.25, 0.3) is 0 Å². The van der Waals surface area contributed by atoms with Crippen molar-refractivity contribution in [2.24, 2.45) is 0 Å². The summed E-state index contributed by atoms with van der Waals surface area (Å²) < 4.78 is 5.63. The molecular formula is C15H11O+. The molecule has 0 unspecified atom stereocenters. The van der Waals surface area contributed by atoms with Crippen molar-refractivity contribution in [2.75, 3.05) is 0 Å². The quantitative estimate of drug-likeness (QED) is 0.539. The predicted molar refractivity (Wildman–Crippen MR) is 66.1 cm³/mol. The first-order valence-corrected chi connectivity index (χ1v) is 5.29. The highest BCUT2D eigenvalue weighted by atomic mass is 16.3. The molecule has 16 heavy (non-hydrogen) atoms. The molecule has 0 aliphatic rings. The molecule has 1 heteroatoms. The lowest BCUT2D eigenvalue weighted by Crippen LogP contribution is -1.77. The van der Waals surface area contributed by atoms with Crippen molar-refractivity contribution in [1.29, 1.82) is 0 Å². The summed E-state index contributed by atoms with van der Waals surface area (Å²) >= 11 is 0. The Kier molecular flexibility index (Phi) is 2.15. The first kappa shape index (κ1) is 9.10. The van der Waals surface area contributed by atoms with Crippen molar-refractivity contribution >= 4 is 10.8 Å². The summed E-state index contributed by atoms with van der Waals surface area (Å²) in [6.07, 6.45) is 1.80. The Balaban J connectivity index is 2.19. The van der Waals surface area contributed by atoms with Gasteiger partial charge in [0, 0.05) is 0 Å². The summed E-state index contributed by atoms with van der Waals surface area (Å²) in [6, 6.07) is 20.4. The Morgan fingerprint density at radius 3 is 2.19 bits per heavy atom. The maximum Gasteiger partial charge on any atom is 0.360 e. The maximum atomic E-state index is 5.63. The zero-order valence-corrected chi connectivity index (χ0v) is 8.76. The van der Waals surface area contributed by atoms with Crippen molar-refractivity contribution in [1.82, 2.24) is 0 Å². The van der Waals surface area contributed by atoms with Gasteiger partial charge in [-0.3, -0.25) is 0 Å². The third-order valence-electron chi connectivity index (χ3n) is 2.65. The summed E-state index contributed by atoms with van der Waals surface area (Å²) in [5, 5.41) is 2.33. The molecule has 76 valence electrons. The second-order valence-corrected chi connectivity index (χ2v) is 3.74. The van der Waals surface area contributed by atoms with E-state index in [9.17, 15) is 0 Å². The standard InChI is InChI=1S/C15H11O/c1-2-6-12(7-3-1)15-10-13-8-4-5-9-14(13)11-16-15/h1-11H/q+1. The van der Waals surface area contributed by atoms with Crippen molar-refractivity contribution < 1.29 is 4.42 Å². The molecule has 0 saturated heterocycles. The number of benzene rings is 2. The van der Waals surface area contributed by atoms with Gasteiger partial charge in [0.05, 0.1) is 17.0 Å². The predicted octanol–water partition coefficient (Wildman–Crippen LogP) is 4.38. The van der Waals surface area contributed by atoms with E-state index in [4.69, 9.17) is 4.42 Å². The Morgan fingerprint density at radius 1 is 0.688 bits per heavy atom. The lowest BCUT2D eigenvalue weighted by molar-refractivity contribution is 0.573. The fourth-order valence-corrected chi connectivity index (χ4v) is 1.81. The Hall–Kier alpha value is -2.15. The van der Waals surface area contributed by atoms with Gasteiger partial charge in [-0.2, -0.15) is 0 Å². The number of hydrogen-bond donors (Lipinski definition) is 0. The van der Waals surface area contributed by atoms with E-state index in [1.165, 1.54) is 5.39 Å². The maximum absolute atomic E-state index is 5.63. The molecule has 1 heterocycles. The number of fused-ring (bicyclic) bond motifs is 1. The van der Waals surface area contributed by atoms with E-state index in [1.807, 2.05) is 48.5 Å². The van der Waals surface area contributed by atoms with Gasteiger partial charge < -0.3 is 0 Å². The van der Waals surface area contributed by atoms with Gasteiger partial charge in [-0.05, 0) is 23.6 Å². The average Bonchev–Trinajstić information content (AvgIpc) is 2.39. The van der Waals surface area contributed by atoms with Crippen LogP contribution in [0.15, 0.2) is 71.3 Å². The largest absolute Gasteiger partial charge is 0.360 e. The molecular weight excluding hydrogens is 196 g/mol. The highest BCUT2D eigenvalue weighted by molar-refractivity contribution is 5.84. The molecule has 0 aliphatic carbocycles. The third kappa shape index (κ3) is 1.57. The molecule has 0 bridgehead atoms. The van der Waals surface area contributed by atoms with Crippen molar-refractivity contribution in [2.45, 2.75) is 0 Å². The van der Waals surface area contributed by atoms with Gasteiger partial charge in [0.2, 0.25) is 0 Å². The SMILES string of the molecule is c1ccc(-c2cc3ccccc3c[o+]2)cc1. The van der Waals surface area contributed by atoms with E-state index < -0.39 is 0 Å². The Labute approximate surface area is 94.0 Å². The normalized spacial score (nSPS) is 10.5. The lowest BCUT2D eigenvalue weighted by Gasteiger charge is -1.93. The molecule has 3 aromatic rings. The van der Waals surface area contributed by atoms with Gasteiger partial charge in [0.15, 0.2) is 0 Å². The van der Waals surface area contributed by atoms with E-state index in [0.717, 1.165) is 16.7 Å². The molecule has 1 aromatic heterocycles. The van der Waals surface area contributed by atoms with Crippen molar-refractivity contribution in [3.05, 3.63) is 66.9 Å². The van der Waals surface area contributed by atoms with Crippen molar-refractivity contribution in [3.8, 4) is 11.3 Å². The second kappa shape index (κ2) is 3.78. The van der Waals surface area contributed by atoms with E-state index in [1.54, 1.807) is 6.26 Å². The van der Waals surface area contributed by atoms with Crippen LogP contribution >= 0.6 is 0 Å². The van der Waals surface area contributed by atoms with Crippen molar-refractivity contribution in [3.63, 3.8) is 0 Å². The van der Waals surface area contributed by atoms with Crippen LogP contribution in [0.5, 0.6) is 0 Å². The summed E-state index contributed by atoms with van der Waals surface area (Å²) in [4.78, 5) is 0. The van der Waals surface area contributed by atoms with E-state index in [2.05, 4.69) is 12.1 Å². The second-order valence-electron chi connectivity index (χ2n) is 3.74. The van der Waals surface area contributed by atoms with E-state index in [0.29, 0.717) is 0 Å². The van der Waals surface area contributed by atoms with Gasteiger partial charge in [0.1, 0.15) is 0 Å². The smallest absolute Gasteiger partial charge is 0.215 e. The highest BCUT2D eigenvalue weighted by Gasteiger charge is 2.11. The molecule has 0 fully saturated rings. The van der Waals surface area contributed by atoms with E-state index in [-0.39, 0.29) is 0 Å². The minimum Gasteiger partial charge on any atom is -0.215 e. The Morgan fingerprint density at radius 2 is 1.38 bits per heavy atom. The van der Waals surface area contributed by atoms with Gasteiger partial charge in [-0.25, -0.2) is 4.42 Å². The van der Waals surface area contributed by atoms with Crippen LogP contribution < -0.4 is 0 Å². The van der Waals surface area contributed by atoms with Crippen LogP contribution in [-0.4, -0.2) is 0 Å². The van der Waals surface area contributed by atoms with Crippen LogP contribution in [0.25, 0.3) is 22.1 Å². The molecule has 0 spiro atoms. The van der Waals surface area contributed by atoms with E-state index >= 15 is 0 Å². The third-order valence-corrected chi connectivity index (χ3v) is 2.65. The molecule has 0 radical (unpaired) electrons. The number of rotatable bonds is 1. The summed E-state index contributed by atoms with van der Waals surface area (Å²) in [5.41, 5.74) is 1.10. The summed E-state index contributed by atoms with van der Waals surface area (Å²) in [7, 11) is 0. The van der Waals surface area contributed by atoms with Gasteiger partial charge >= 0.3 is 12.0 Å². The monoisotopic (exact) mass is 207 g/mol. The van der Waals surface area contributed by atoms with Gasteiger partial charge in [-0.1, -0.05) is 36.4 Å². The average molecular weight is 207 g/mol. The van der Waals surface area contributed by atoms with Crippen LogP contribution in [-0.2, 0) is 0 Å².